The Morgan fingerprint density at radius 3 is 2.45 bits per heavy atom. The number of benzene rings is 1. The normalized spacial score (nSPS) is 13.7. The van der Waals surface area contributed by atoms with Gasteiger partial charge >= 0.3 is 0 Å². The largest absolute Gasteiger partial charge is 0.392 e. The average Bonchev–Trinajstić information content (AvgIpc) is 2.43. The Morgan fingerprint density at radius 2 is 2.00 bits per heavy atom. The Labute approximate surface area is 130 Å². The van der Waals surface area contributed by atoms with E-state index < -0.39 is 10.0 Å². The Bertz CT molecular complexity index is 545. The van der Waals surface area contributed by atoms with E-state index in [1.54, 1.807) is 18.2 Å². The summed E-state index contributed by atoms with van der Waals surface area (Å²) in [6.07, 6.45) is 0.941. The minimum Gasteiger partial charge on any atom is -0.392 e. The molecule has 0 amide bonds. The van der Waals surface area contributed by atoms with Gasteiger partial charge in [-0.3, -0.25) is 0 Å². The molecule has 0 fully saturated rings. The van der Waals surface area contributed by atoms with Crippen LogP contribution in [-0.4, -0.2) is 30.9 Å². The van der Waals surface area contributed by atoms with Crippen molar-refractivity contribution in [2.24, 2.45) is 5.92 Å². The van der Waals surface area contributed by atoms with Gasteiger partial charge in [-0.1, -0.05) is 33.3 Å². The first-order chi connectivity index (χ1) is 9.36. The maximum atomic E-state index is 12.7. The van der Waals surface area contributed by atoms with Crippen LogP contribution in [0, 0.1) is 5.92 Å². The summed E-state index contributed by atoms with van der Waals surface area (Å²) in [5.41, 5.74) is 0.681. The van der Waals surface area contributed by atoms with Crippen LogP contribution in [0.15, 0.2) is 27.6 Å². The molecule has 0 spiro atoms. The lowest BCUT2D eigenvalue weighted by molar-refractivity contribution is 0.281. The van der Waals surface area contributed by atoms with Crippen LogP contribution in [0.5, 0.6) is 0 Å². The summed E-state index contributed by atoms with van der Waals surface area (Å²) < 4.78 is 27.3. The highest BCUT2D eigenvalue weighted by molar-refractivity contribution is 9.10. The lowest BCUT2D eigenvalue weighted by atomic mass is 10.1. The second kappa shape index (κ2) is 7.54. The van der Waals surface area contributed by atoms with Crippen molar-refractivity contribution in [1.29, 1.82) is 0 Å². The maximum Gasteiger partial charge on any atom is 0.244 e. The molecule has 0 radical (unpaired) electrons. The molecule has 1 rings (SSSR count). The smallest absolute Gasteiger partial charge is 0.244 e. The van der Waals surface area contributed by atoms with Crippen molar-refractivity contribution in [3.8, 4) is 0 Å². The van der Waals surface area contributed by atoms with Gasteiger partial charge in [0.2, 0.25) is 10.0 Å². The third-order valence-corrected chi connectivity index (χ3v) is 6.28. The molecule has 0 aromatic heterocycles. The number of rotatable bonds is 7. The van der Waals surface area contributed by atoms with Crippen LogP contribution in [0.3, 0.4) is 0 Å². The number of nitrogens with zero attached hydrogens (tertiary/aromatic N) is 1. The standard InChI is InChI=1S/C14H22BrNO3S/c1-4-11(3)9-16(5-2)20(18,19)14-7-6-12(10-17)8-13(14)15/h6-8,11,17H,4-5,9-10H2,1-3H3. The van der Waals surface area contributed by atoms with Crippen LogP contribution < -0.4 is 0 Å². The molecule has 20 heavy (non-hydrogen) atoms. The van der Waals surface area contributed by atoms with E-state index in [2.05, 4.69) is 22.9 Å². The number of hydrogen-bond acceptors (Lipinski definition) is 3. The van der Waals surface area contributed by atoms with E-state index >= 15 is 0 Å². The fraction of sp³-hybridized carbons (Fsp3) is 0.571. The predicted octanol–water partition coefficient (Wildman–Crippen LogP) is 3.00. The molecule has 0 aliphatic carbocycles. The fourth-order valence-electron chi connectivity index (χ4n) is 1.86. The van der Waals surface area contributed by atoms with Crippen molar-refractivity contribution in [3.05, 3.63) is 28.2 Å². The summed E-state index contributed by atoms with van der Waals surface area (Å²) in [4.78, 5) is 0.250. The first-order valence-corrected chi connectivity index (χ1v) is 8.99. The molecule has 6 heteroatoms. The highest BCUT2D eigenvalue weighted by Gasteiger charge is 2.26. The summed E-state index contributed by atoms with van der Waals surface area (Å²) in [5.74, 6) is 0.320. The SMILES string of the molecule is CCC(C)CN(CC)S(=O)(=O)c1ccc(CO)cc1Br. The lowest BCUT2D eigenvalue weighted by Crippen LogP contribution is -2.34. The second-order valence-corrected chi connectivity index (χ2v) is 7.65. The number of halogens is 1. The van der Waals surface area contributed by atoms with Crippen molar-refractivity contribution < 1.29 is 13.5 Å². The summed E-state index contributed by atoms with van der Waals surface area (Å²) in [5, 5.41) is 9.08. The zero-order valence-electron chi connectivity index (χ0n) is 12.1. The molecule has 1 N–H and O–H groups in total. The lowest BCUT2D eigenvalue weighted by Gasteiger charge is -2.24. The van der Waals surface area contributed by atoms with Gasteiger partial charge in [-0.15, -0.1) is 0 Å². The minimum absolute atomic E-state index is 0.108. The van der Waals surface area contributed by atoms with Crippen molar-refractivity contribution >= 4 is 26.0 Å². The number of sulfonamides is 1. The van der Waals surface area contributed by atoms with Crippen molar-refractivity contribution in [2.45, 2.75) is 38.7 Å². The molecule has 0 heterocycles. The van der Waals surface area contributed by atoms with E-state index in [4.69, 9.17) is 5.11 Å². The van der Waals surface area contributed by atoms with Gasteiger partial charge in [-0.25, -0.2) is 8.42 Å². The maximum absolute atomic E-state index is 12.7. The predicted molar refractivity (Wildman–Crippen MR) is 84.0 cm³/mol. The third kappa shape index (κ3) is 4.04. The first kappa shape index (κ1) is 17.6. The van der Waals surface area contributed by atoms with E-state index in [0.717, 1.165) is 6.42 Å². The summed E-state index contributed by atoms with van der Waals surface area (Å²) in [7, 11) is -3.51. The molecule has 0 saturated heterocycles. The van der Waals surface area contributed by atoms with Gasteiger partial charge in [-0.05, 0) is 39.5 Å². The Morgan fingerprint density at radius 1 is 1.35 bits per heavy atom. The molecular weight excluding hydrogens is 342 g/mol. The van der Waals surface area contributed by atoms with Crippen LogP contribution in [-0.2, 0) is 16.6 Å². The van der Waals surface area contributed by atoms with Crippen LogP contribution in [0.1, 0.15) is 32.8 Å². The van der Waals surface area contributed by atoms with Gasteiger partial charge in [0, 0.05) is 17.6 Å². The minimum atomic E-state index is -3.51. The Hall–Kier alpha value is -0.430. The highest BCUT2D eigenvalue weighted by atomic mass is 79.9. The van der Waals surface area contributed by atoms with Crippen LogP contribution in [0.25, 0.3) is 0 Å². The van der Waals surface area contributed by atoms with E-state index in [0.29, 0.717) is 29.0 Å². The quantitative estimate of drug-likeness (QED) is 0.809. The molecule has 1 aromatic rings. The highest BCUT2D eigenvalue weighted by Crippen LogP contribution is 2.27. The molecule has 0 saturated carbocycles. The average molecular weight is 364 g/mol. The Balaban J connectivity index is 3.14. The van der Waals surface area contributed by atoms with Gasteiger partial charge in [-0.2, -0.15) is 4.31 Å². The molecule has 1 unspecified atom stereocenters. The third-order valence-electron chi connectivity index (χ3n) is 3.36. The zero-order valence-corrected chi connectivity index (χ0v) is 14.5. The van der Waals surface area contributed by atoms with Crippen LogP contribution in [0.4, 0.5) is 0 Å². The van der Waals surface area contributed by atoms with E-state index in [1.165, 1.54) is 4.31 Å². The molecule has 114 valence electrons. The van der Waals surface area contributed by atoms with Gasteiger partial charge in [0.05, 0.1) is 11.5 Å². The van der Waals surface area contributed by atoms with Crippen LogP contribution >= 0.6 is 15.9 Å². The molecule has 0 bridgehead atoms. The van der Waals surface area contributed by atoms with E-state index in [-0.39, 0.29) is 11.5 Å². The first-order valence-electron chi connectivity index (χ1n) is 6.76. The second-order valence-electron chi connectivity index (χ2n) is 4.89. The zero-order chi connectivity index (χ0) is 15.3. The number of hydrogen-bond donors (Lipinski definition) is 1. The molecule has 1 atom stereocenters. The van der Waals surface area contributed by atoms with Gasteiger partial charge in [0.15, 0.2) is 0 Å². The molecular formula is C14H22BrNO3S. The number of aliphatic hydroxyl groups is 1. The summed E-state index contributed by atoms with van der Waals surface area (Å²) in [6.45, 7) is 6.79. The molecule has 0 aliphatic heterocycles. The fourth-order valence-corrected chi connectivity index (χ4v) is 4.52. The van der Waals surface area contributed by atoms with Gasteiger partial charge < -0.3 is 5.11 Å². The van der Waals surface area contributed by atoms with Crippen molar-refractivity contribution in [1.82, 2.24) is 4.31 Å². The van der Waals surface area contributed by atoms with Crippen molar-refractivity contribution in [3.63, 3.8) is 0 Å². The molecule has 0 aliphatic rings. The topological polar surface area (TPSA) is 57.6 Å². The van der Waals surface area contributed by atoms with E-state index in [9.17, 15) is 8.42 Å². The van der Waals surface area contributed by atoms with E-state index in [1.807, 2.05) is 13.8 Å². The van der Waals surface area contributed by atoms with Gasteiger partial charge in [0.25, 0.3) is 0 Å². The number of aliphatic hydroxyl groups excluding tert-OH is 1. The monoisotopic (exact) mass is 363 g/mol. The summed E-state index contributed by atoms with van der Waals surface area (Å²) >= 11 is 3.29. The van der Waals surface area contributed by atoms with Crippen molar-refractivity contribution in [2.75, 3.05) is 13.1 Å². The van der Waals surface area contributed by atoms with Crippen LogP contribution in [0.2, 0.25) is 0 Å². The van der Waals surface area contributed by atoms with Gasteiger partial charge in [0.1, 0.15) is 0 Å². The molecule has 4 nitrogen and oxygen atoms in total. The Kier molecular flexibility index (Phi) is 6.64. The summed E-state index contributed by atoms with van der Waals surface area (Å²) in [6, 6.07) is 4.82. The molecule has 1 aromatic carbocycles.